The van der Waals surface area contributed by atoms with Crippen LogP contribution in [0, 0.1) is 5.41 Å². The predicted molar refractivity (Wildman–Crippen MR) is 88.8 cm³/mol. The molecule has 1 aliphatic heterocycles. The highest BCUT2D eigenvalue weighted by Crippen LogP contribution is 2.47. The minimum absolute atomic E-state index is 0. The maximum Gasteiger partial charge on any atom is 0.193 e. The zero-order chi connectivity index (χ0) is 12.1. The summed E-state index contributed by atoms with van der Waals surface area (Å²) in [6.45, 7) is 8.78. The molecule has 1 spiro atoms. The van der Waals surface area contributed by atoms with Crippen LogP contribution in [-0.2, 0) is 0 Å². The van der Waals surface area contributed by atoms with Gasteiger partial charge in [-0.3, -0.25) is 4.99 Å². The first-order valence-corrected chi connectivity index (χ1v) is 7.33. The summed E-state index contributed by atoms with van der Waals surface area (Å²) in [5, 5.41) is 3.45. The van der Waals surface area contributed by atoms with E-state index in [2.05, 4.69) is 24.1 Å². The molecule has 3 nitrogen and oxygen atoms in total. The molecule has 0 aromatic rings. The van der Waals surface area contributed by atoms with E-state index >= 15 is 0 Å². The SMILES string of the molecule is CCCCN=C(NCC)N1CCC2(CCC2)C1.I. The van der Waals surface area contributed by atoms with E-state index < -0.39 is 0 Å². The number of aliphatic imine (C=N–C) groups is 1. The quantitative estimate of drug-likeness (QED) is 0.359. The summed E-state index contributed by atoms with van der Waals surface area (Å²) in [5.74, 6) is 1.16. The highest BCUT2D eigenvalue weighted by atomic mass is 127. The summed E-state index contributed by atoms with van der Waals surface area (Å²) in [7, 11) is 0. The number of nitrogens with one attached hydrogen (secondary N) is 1. The lowest BCUT2D eigenvalue weighted by atomic mass is 9.68. The van der Waals surface area contributed by atoms with Gasteiger partial charge in [-0.05, 0) is 38.0 Å². The molecule has 0 atom stereocenters. The molecule has 0 aromatic carbocycles. The van der Waals surface area contributed by atoms with Gasteiger partial charge in [0.1, 0.15) is 0 Å². The monoisotopic (exact) mass is 365 g/mol. The van der Waals surface area contributed by atoms with Crippen LogP contribution >= 0.6 is 24.0 Å². The molecule has 1 saturated heterocycles. The molecule has 0 unspecified atom stereocenters. The maximum absolute atomic E-state index is 4.74. The minimum atomic E-state index is 0. The van der Waals surface area contributed by atoms with Crippen molar-refractivity contribution in [2.45, 2.75) is 52.4 Å². The van der Waals surface area contributed by atoms with Gasteiger partial charge in [0.15, 0.2) is 5.96 Å². The standard InChI is InChI=1S/C14H27N3.HI/c1-3-5-10-16-13(15-4-2)17-11-9-14(12-17)7-6-8-14;/h3-12H2,1-2H3,(H,15,16);1H. The van der Waals surface area contributed by atoms with Crippen LogP contribution in [0.2, 0.25) is 0 Å². The molecule has 4 heteroatoms. The van der Waals surface area contributed by atoms with Gasteiger partial charge in [0, 0.05) is 26.2 Å². The van der Waals surface area contributed by atoms with Gasteiger partial charge < -0.3 is 10.2 Å². The van der Waals surface area contributed by atoms with Crippen molar-refractivity contribution in [3.05, 3.63) is 0 Å². The molecule has 1 aliphatic carbocycles. The zero-order valence-electron chi connectivity index (χ0n) is 11.9. The van der Waals surface area contributed by atoms with E-state index in [4.69, 9.17) is 4.99 Å². The van der Waals surface area contributed by atoms with Crippen LogP contribution in [0.3, 0.4) is 0 Å². The fourth-order valence-corrected chi connectivity index (χ4v) is 2.97. The van der Waals surface area contributed by atoms with Crippen molar-refractivity contribution < 1.29 is 0 Å². The summed E-state index contributed by atoms with van der Waals surface area (Å²) in [6.07, 6.45) is 8.14. The van der Waals surface area contributed by atoms with Gasteiger partial charge in [-0.1, -0.05) is 19.8 Å². The maximum atomic E-state index is 4.74. The minimum Gasteiger partial charge on any atom is -0.357 e. The summed E-state index contributed by atoms with van der Waals surface area (Å²) in [4.78, 5) is 7.23. The zero-order valence-corrected chi connectivity index (χ0v) is 14.2. The summed E-state index contributed by atoms with van der Waals surface area (Å²) in [5.41, 5.74) is 0.668. The fourth-order valence-electron chi connectivity index (χ4n) is 2.97. The third-order valence-corrected chi connectivity index (χ3v) is 4.26. The fraction of sp³-hybridized carbons (Fsp3) is 0.929. The first-order chi connectivity index (χ1) is 8.29. The first kappa shape index (κ1) is 16.1. The van der Waals surface area contributed by atoms with Gasteiger partial charge in [-0.2, -0.15) is 0 Å². The molecule has 2 fully saturated rings. The van der Waals surface area contributed by atoms with Gasteiger partial charge in [0.25, 0.3) is 0 Å². The highest BCUT2D eigenvalue weighted by Gasteiger charge is 2.43. The molecule has 1 heterocycles. The van der Waals surface area contributed by atoms with Crippen molar-refractivity contribution in [3.8, 4) is 0 Å². The van der Waals surface area contributed by atoms with Crippen LogP contribution in [-0.4, -0.2) is 37.0 Å². The molecule has 1 saturated carbocycles. The van der Waals surface area contributed by atoms with E-state index in [1.807, 2.05) is 0 Å². The molecule has 1 N–H and O–H groups in total. The Morgan fingerprint density at radius 1 is 1.28 bits per heavy atom. The van der Waals surface area contributed by atoms with Crippen molar-refractivity contribution in [2.24, 2.45) is 10.4 Å². The van der Waals surface area contributed by atoms with Crippen LogP contribution in [0.5, 0.6) is 0 Å². The molecular weight excluding hydrogens is 337 g/mol. The smallest absolute Gasteiger partial charge is 0.193 e. The van der Waals surface area contributed by atoms with Gasteiger partial charge in [0.05, 0.1) is 0 Å². The van der Waals surface area contributed by atoms with Crippen molar-refractivity contribution >= 4 is 29.9 Å². The van der Waals surface area contributed by atoms with Gasteiger partial charge in [-0.15, -0.1) is 24.0 Å². The second kappa shape index (κ2) is 7.56. The molecular formula is C14H28IN3. The second-order valence-corrected chi connectivity index (χ2v) is 5.61. The molecule has 106 valence electrons. The summed E-state index contributed by atoms with van der Waals surface area (Å²) >= 11 is 0. The number of rotatable bonds is 4. The molecule has 0 radical (unpaired) electrons. The van der Waals surface area contributed by atoms with E-state index in [9.17, 15) is 0 Å². The Bertz CT molecular complexity index is 274. The van der Waals surface area contributed by atoms with Gasteiger partial charge >= 0.3 is 0 Å². The van der Waals surface area contributed by atoms with E-state index in [-0.39, 0.29) is 24.0 Å². The lowest BCUT2D eigenvalue weighted by Gasteiger charge is -2.38. The number of unbranched alkanes of at least 4 members (excludes halogenated alkanes) is 1. The predicted octanol–water partition coefficient (Wildman–Crippen LogP) is 3.25. The van der Waals surface area contributed by atoms with Crippen molar-refractivity contribution in [1.29, 1.82) is 0 Å². The van der Waals surface area contributed by atoms with Crippen LogP contribution in [0.25, 0.3) is 0 Å². The molecule has 2 aliphatic rings. The Kier molecular flexibility index (Phi) is 6.74. The van der Waals surface area contributed by atoms with Gasteiger partial charge in [-0.25, -0.2) is 0 Å². The largest absolute Gasteiger partial charge is 0.357 e. The topological polar surface area (TPSA) is 27.6 Å². The van der Waals surface area contributed by atoms with Crippen molar-refractivity contribution in [1.82, 2.24) is 10.2 Å². The van der Waals surface area contributed by atoms with Crippen LogP contribution in [0.15, 0.2) is 4.99 Å². The Morgan fingerprint density at radius 3 is 2.56 bits per heavy atom. The van der Waals surface area contributed by atoms with E-state index in [0.717, 1.165) is 19.0 Å². The Hall–Kier alpha value is 0. The number of hydrogen-bond acceptors (Lipinski definition) is 1. The Balaban J connectivity index is 0.00000162. The number of guanidine groups is 1. The molecule has 0 amide bonds. The Labute approximate surface area is 129 Å². The number of halogens is 1. The molecule has 2 rings (SSSR count). The van der Waals surface area contributed by atoms with E-state index in [1.54, 1.807) is 0 Å². The van der Waals surface area contributed by atoms with E-state index in [1.165, 1.54) is 51.6 Å². The van der Waals surface area contributed by atoms with Crippen molar-refractivity contribution in [3.63, 3.8) is 0 Å². The number of hydrogen-bond donors (Lipinski definition) is 1. The number of nitrogens with zero attached hydrogens (tertiary/aromatic N) is 2. The van der Waals surface area contributed by atoms with Crippen LogP contribution < -0.4 is 5.32 Å². The molecule has 18 heavy (non-hydrogen) atoms. The average Bonchev–Trinajstić information content (AvgIpc) is 2.73. The van der Waals surface area contributed by atoms with Crippen LogP contribution in [0.1, 0.15) is 52.4 Å². The third-order valence-electron chi connectivity index (χ3n) is 4.26. The third kappa shape index (κ3) is 3.75. The Morgan fingerprint density at radius 2 is 2.06 bits per heavy atom. The van der Waals surface area contributed by atoms with E-state index in [0.29, 0.717) is 5.41 Å². The summed E-state index contributed by atoms with van der Waals surface area (Å²) in [6, 6.07) is 0. The first-order valence-electron chi connectivity index (χ1n) is 7.33. The molecule has 0 aromatic heterocycles. The average molecular weight is 365 g/mol. The van der Waals surface area contributed by atoms with Gasteiger partial charge in [0.2, 0.25) is 0 Å². The molecule has 0 bridgehead atoms. The lowest BCUT2D eigenvalue weighted by Crippen LogP contribution is -2.42. The van der Waals surface area contributed by atoms with Crippen molar-refractivity contribution in [2.75, 3.05) is 26.2 Å². The van der Waals surface area contributed by atoms with Crippen LogP contribution in [0.4, 0.5) is 0 Å². The summed E-state index contributed by atoms with van der Waals surface area (Å²) < 4.78 is 0. The lowest BCUT2D eigenvalue weighted by molar-refractivity contribution is 0.151. The normalized spacial score (nSPS) is 21.7. The highest BCUT2D eigenvalue weighted by molar-refractivity contribution is 14.0. The second-order valence-electron chi connectivity index (χ2n) is 5.61. The number of likely N-dealkylation sites (tertiary alicyclic amines) is 1.